The first-order chi connectivity index (χ1) is 6.31. The summed E-state index contributed by atoms with van der Waals surface area (Å²) in [4.78, 5) is 15.5. The van der Waals surface area contributed by atoms with Gasteiger partial charge in [0, 0.05) is 19.2 Å². The van der Waals surface area contributed by atoms with Gasteiger partial charge in [0.1, 0.15) is 11.5 Å². The number of imidazole rings is 1. The normalized spacial score (nSPS) is 15.5. The van der Waals surface area contributed by atoms with Gasteiger partial charge >= 0.3 is 0 Å². The van der Waals surface area contributed by atoms with Crippen molar-refractivity contribution in [3.63, 3.8) is 0 Å². The van der Waals surface area contributed by atoms with Gasteiger partial charge in [-0.3, -0.25) is 4.79 Å². The molecule has 13 heavy (non-hydrogen) atoms. The Balaban J connectivity index is 2.30. The molecule has 0 aliphatic carbocycles. The Morgan fingerprint density at radius 2 is 2.46 bits per heavy atom. The molecule has 1 aromatic rings. The fraction of sp³-hybridized carbons (Fsp3) is 0.556. The maximum atomic E-state index is 11.2. The zero-order valence-corrected chi connectivity index (χ0v) is 7.49. The first-order valence-electron chi connectivity index (χ1n) is 4.60. The number of rotatable bonds is 2. The Kier molecular flexibility index (Phi) is 2.14. The Hall–Kier alpha value is -1.16. The minimum atomic E-state index is -0.0677. The van der Waals surface area contributed by atoms with E-state index in [1.165, 1.54) is 12.8 Å². The van der Waals surface area contributed by atoms with Crippen LogP contribution in [0.15, 0.2) is 6.20 Å². The SMILES string of the molecule is NCC(=O)c1cn2c(n1)CCCC2. The molecule has 2 heterocycles. The maximum absolute atomic E-state index is 11.2. The molecular formula is C9H13N3O. The first kappa shape index (κ1) is 8.44. The first-order valence-corrected chi connectivity index (χ1v) is 4.60. The summed E-state index contributed by atoms with van der Waals surface area (Å²) in [7, 11) is 0. The van der Waals surface area contributed by atoms with E-state index >= 15 is 0 Å². The number of aryl methyl sites for hydroxylation is 2. The number of hydrogen-bond acceptors (Lipinski definition) is 3. The molecule has 0 saturated heterocycles. The van der Waals surface area contributed by atoms with Crippen molar-refractivity contribution in [1.29, 1.82) is 0 Å². The Morgan fingerprint density at radius 1 is 1.62 bits per heavy atom. The molecule has 0 aromatic carbocycles. The molecule has 4 heteroatoms. The molecule has 70 valence electrons. The van der Waals surface area contributed by atoms with E-state index < -0.39 is 0 Å². The van der Waals surface area contributed by atoms with E-state index in [9.17, 15) is 4.79 Å². The number of fused-ring (bicyclic) bond motifs is 1. The molecule has 4 nitrogen and oxygen atoms in total. The van der Waals surface area contributed by atoms with Crippen molar-refractivity contribution in [2.75, 3.05) is 6.54 Å². The molecule has 0 saturated carbocycles. The molecule has 1 aliphatic heterocycles. The summed E-state index contributed by atoms with van der Waals surface area (Å²) >= 11 is 0. The highest BCUT2D eigenvalue weighted by atomic mass is 16.1. The van der Waals surface area contributed by atoms with Crippen LogP contribution in [0.1, 0.15) is 29.2 Å². The lowest BCUT2D eigenvalue weighted by molar-refractivity contribution is 0.0997. The van der Waals surface area contributed by atoms with E-state index in [2.05, 4.69) is 9.55 Å². The number of carbonyl (C=O) groups is 1. The largest absolute Gasteiger partial charge is 0.334 e. The minimum absolute atomic E-state index is 0.0520. The van der Waals surface area contributed by atoms with Crippen molar-refractivity contribution in [3.05, 3.63) is 17.7 Å². The molecule has 2 N–H and O–H groups in total. The van der Waals surface area contributed by atoms with Gasteiger partial charge in [-0.2, -0.15) is 0 Å². The molecule has 0 radical (unpaired) electrons. The van der Waals surface area contributed by atoms with Crippen LogP contribution in [0.3, 0.4) is 0 Å². The molecular weight excluding hydrogens is 166 g/mol. The standard InChI is InChI=1S/C9H13N3O/c10-5-8(13)7-6-12-4-2-1-3-9(12)11-7/h6H,1-5,10H2. The molecule has 2 rings (SSSR count). The topological polar surface area (TPSA) is 60.9 Å². The lowest BCUT2D eigenvalue weighted by atomic mass is 10.2. The predicted octanol–water partition coefficient (Wildman–Crippen LogP) is 0.361. The highest BCUT2D eigenvalue weighted by Crippen LogP contribution is 2.14. The molecule has 0 atom stereocenters. The summed E-state index contributed by atoms with van der Waals surface area (Å²) < 4.78 is 2.06. The Bertz CT molecular complexity index is 306. The van der Waals surface area contributed by atoms with Gasteiger partial charge in [0.2, 0.25) is 0 Å². The van der Waals surface area contributed by atoms with Crippen LogP contribution in [-0.4, -0.2) is 21.9 Å². The van der Waals surface area contributed by atoms with E-state index in [-0.39, 0.29) is 12.3 Å². The summed E-state index contributed by atoms with van der Waals surface area (Å²) in [6, 6.07) is 0. The van der Waals surface area contributed by atoms with Crippen LogP contribution in [0.5, 0.6) is 0 Å². The number of nitrogens with two attached hydrogens (primary N) is 1. The van der Waals surface area contributed by atoms with Crippen molar-refractivity contribution in [3.8, 4) is 0 Å². The van der Waals surface area contributed by atoms with Crippen molar-refractivity contribution in [2.45, 2.75) is 25.8 Å². The summed E-state index contributed by atoms with van der Waals surface area (Å²) in [6.07, 6.45) is 5.16. The van der Waals surface area contributed by atoms with Crippen molar-refractivity contribution < 1.29 is 4.79 Å². The molecule has 0 fully saturated rings. The summed E-state index contributed by atoms with van der Waals surface area (Å²) in [5, 5.41) is 0. The van der Waals surface area contributed by atoms with Gasteiger partial charge in [-0.15, -0.1) is 0 Å². The van der Waals surface area contributed by atoms with Gasteiger partial charge in [-0.05, 0) is 12.8 Å². The minimum Gasteiger partial charge on any atom is -0.334 e. The Labute approximate surface area is 76.8 Å². The van der Waals surface area contributed by atoms with Gasteiger partial charge in [-0.1, -0.05) is 0 Å². The van der Waals surface area contributed by atoms with Crippen molar-refractivity contribution >= 4 is 5.78 Å². The van der Waals surface area contributed by atoms with E-state index in [0.717, 1.165) is 18.8 Å². The number of nitrogens with zero attached hydrogens (tertiary/aromatic N) is 2. The molecule has 0 amide bonds. The lowest BCUT2D eigenvalue weighted by Crippen LogP contribution is -2.13. The second kappa shape index (κ2) is 3.30. The third-order valence-electron chi connectivity index (χ3n) is 2.38. The Morgan fingerprint density at radius 3 is 3.15 bits per heavy atom. The van der Waals surface area contributed by atoms with Crippen LogP contribution < -0.4 is 5.73 Å². The lowest BCUT2D eigenvalue weighted by Gasteiger charge is -2.11. The van der Waals surface area contributed by atoms with Gasteiger partial charge in [0.15, 0.2) is 5.78 Å². The number of carbonyl (C=O) groups excluding carboxylic acids is 1. The fourth-order valence-electron chi connectivity index (χ4n) is 1.65. The fourth-order valence-corrected chi connectivity index (χ4v) is 1.65. The monoisotopic (exact) mass is 179 g/mol. The second-order valence-corrected chi connectivity index (χ2v) is 3.32. The molecule has 1 aromatic heterocycles. The van der Waals surface area contributed by atoms with Crippen molar-refractivity contribution in [1.82, 2.24) is 9.55 Å². The average molecular weight is 179 g/mol. The highest BCUT2D eigenvalue weighted by molar-refractivity contribution is 5.95. The number of aromatic nitrogens is 2. The van der Waals surface area contributed by atoms with Crippen molar-refractivity contribution in [2.24, 2.45) is 5.73 Å². The highest BCUT2D eigenvalue weighted by Gasteiger charge is 2.15. The van der Waals surface area contributed by atoms with Crippen LogP contribution in [-0.2, 0) is 13.0 Å². The summed E-state index contributed by atoms with van der Waals surface area (Å²) in [6.45, 7) is 1.04. The van der Waals surface area contributed by atoms with Crippen LogP contribution >= 0.6 is 0 Å². The van der Waals surface area contributed by atoms with Crippen LogP contribution in [0.25, 0.3) is 0 Å². The number of ketones is 1. The van der Waals surface area contributed by atoms with Gasteiger partial charge in [0.25, 0.3) is 0 Å². The molecule has 0 spiro atoms. The summed E-state index contributed by atoms with van der Waals surface area (Å²) in [5.41, 5.74) is 5.79. The van der Waals surface area contributed by atoms with Gasteiger partial charge in [-0.25, -0.2) is 4.98 Å². The predicted molar refractivity (Wildman–Crippen MR) is 48.5 cm³/mol. The smallest absolute Gasteiger partial charge is 0.196 e. The van der Waals surface area contributed by atoms with Gasteiger partial charge < -0.3 is 10.3 Å². The number of Topliss-reactive ketones (excluding diaryl/α,β-unsaturated/α-hetero) is 1. The van der Waals surface area contributed by atoms with E-state index in [1.54, 1.807) is 0 Å². The third kappa shape index (κ3) is 1.49. The van der Waals surface area contributed by atoms with E-state index in [0.29, 0.717) is 5.69 Å². The van der Waals surface area contributed by atoms with E-state index in [1.807, 2.05) is 6.20 Å². The quantitative estimate of drug-likeness (QED) is 0.667. The maximum Gasteiger partial charge on any atom is 0.196 e. The van der Waals surface area contributed by atoms with Gasteiger partial charge in [0.05, 0.1) is 6.54 Å². The van der Waals surface area contributed by atoms with Crippen LogP contribution in [0.2, 0.25) is 0 Å². The molecule has 0 unspecified atom stereocenters. The average Bonchev–Trinajstić information content (AvgIpc) is 2.59. The van der Waals surface area contributed by atoms with E-state index in [4.69, 9.17) is 5.73 Å². The molecule has 0 bridgehead atoms. The molecule has 1 aliphatic rings. The second-order valence-electron chi connectivity index (χ2n) is 3.32. The van der Waals surface area contributed by atoms with Crippen LogP contribution in [0, 0.1) is 0 Å². The van der Waals surface area contributed by atoms with Crippen LogP contribution in [0.4, 0.5) is 0 Å². The summed E-state index contributed by atoms with van der Waals surface area (Å²) in [5.74, 6) is 0.963. The zero-order valence-electron chi connectivity index (χ0n) is 7.49. The zero-order chi connectivity index (χ0) is 9.26. The third-order valence-corrected chi connectivity index (χ3v) is 2.38. The number of hydrogen-bond donors (Lipinski definition) is 1.